The van der Waals surface area contributed by atoms with Crippen molar-refractivity contribution in [3.8, 4) is 0 Å². The summed E-state index contributed by atoms with van der Waals surface area (Å²) < 4.78 is 0. The molecule has 1 atom stereocenters. The lowest BCUT2D eigenvalue weighted by molar-refractivity contribution is 0.246. The number of hydrogen-bond donors (Lipinski definition) is 0. The average Bonchev–Trinajstić information content (AvgIpc) is 2.40. The minimum absolute atomic E-state index is 0.453. The number of aromatic nitrogens is 2. The number of hydrogen-bond acceptors (Lipinski definition) is 3. The maximum absolute atomic E-state index is 4.43. The molecule has 0 aliphatic carbocycles. The van der Waals surface area contributed by atoms with Gasteiger partial charge in [0.25, 0.3) is 0 Å². The molecule has 0 amide bonds. The molecular weight excluding hydrogens is 234 g/mol. The summed E-state index contributed by atoms with van der Waals surface area (Å²) in [6, 6.07) is 8.74. The Labute approximate surface area is 115 Å². The second-order valence-corrected chi connectivity index (χ2v) is 5.15. The number of pyridine rings is 2. The van der Waals surface area contributed by atoms with Crippen molar-refractivity contribution in [2.75, 3.05) is 7.05 Å². The second kappa shape index (κ2) is 6.43. The molecule has 100 valence electrons. The molecule has 3 nitrogen and oxygen atoms in total. The third-order valence-electron chi connectivity index (χ3n) is 3.38. The zero-order chi connectivity index (χ0) is 13.7. The van der Waals surface area contributed by atoms with Crippen LogP contribution in [0.15, 0.2) is 42.9 Å². The van der Waals surface area contributed by atoms with Crippen molar-refractivity contribution < 1.29 is 0 Å². The van der Waals surface area contributed by atoms with Crippen molar-refractivity contribution in [3.63, 3.8) is 0 Å². The predicted molar refractivity (Wildman–Crippen MR) is 77.8 cm³/mol. The van der Waals surface area contributed by atoms with E-state index in [4.69, 9.17) is 0 Å². The fourth-order valence-corrected chi connectivity index (χ4v) is 2.10. The summed E-state index contributed by atoms with van der Waals surface area (Å²) in [5, 5.41) is 0. The van der Waals surface area contributed by atoms with Crippen LogP contribution in [0.2, 0.25) is 0 Å². The molecule has 3 heteroatoms. The first kappa shape index (κ1) is 13.7. The largest absolute Gasteiger partial charge is 0.299 e. The number of aryl methyl sites for hydroxylation is 1. The van der Waals surface area contributed by atoms with Gasteiger partial charge in [0, 0.05) is 43.3 Å². The van der Waals surface area contributed by atoms with Crippen LogP contribution < -0.4 is 0 Å². The second-order valence-electron chi connectivity index (χ2n) is 5.15. The Morgan fingerprint density at radius 3 is 2.79 bits per heavy atom. The van der Waals surface area contributed by atoms with Crippen molar-refractivity contribution in [2.24, 2.45) is 0 Å². The van der Waals surface area contributed by atoms with Gasteiger partial charge in [-0.05, 0) is 50.2 Å². The molecule has 0 fully saturated rings. The molecule has 2 aromatic rings. The molecule has 0 spiro atoms. The summed E-state index contributed by atoms with van der Waals surface area (Å²) in [7, 11) is 2.15. The van der Waals surface area contributed by atoms with Crippen molar-refractivity contribution in [1.29, 1.82) is 0 Å². The lowest BCUT2D eigenvalue weighted by atomic mass is 10.1. The van der Waals surface area contributed by atoms with Gasteiger partial charge in [-0.15, -0.1) is 0 Å². The van der Waals surface area contributed by atoms with Crippen LogP contribution in [0.5, 0.6) is 0 Å². The predicted octanol–water partition coefficient (Wildman–Crippen LogP) is 2.85. The molecule has 2 heterocycles. The first-order valence-corrected chi connectivity index (χ1v) is 6.66. The minimum atomic E-state index is 0.453. The average molecular weight is 255 g/mol. The van der Waals surface area contributed by atoms with Crippen molar-refractivity contribution in [2.45, 2.75) is 32.9 Å². The van der Waals surface area contributed by atoms with E-state index < -0.39 is 0 Å². The highest BCUT2D eigenvalue weighted by molar-refractivity contribution is 5.15. The van der Waals surface area contributed by atoms with E-state index in [0.717, 1.165) is 18.7 Å². The van der Waals surface area contributed by atoms with E-state index in [0.29, 0.717) is 6.04 Å². The lowest BCUT2D eigenvalue weighted by Crippen LogP contribution is -2.30. The summed E-state index contributed by atoms with van der Waals surface area (Å²) in [4.78, 5) is 10.9. The van der Waals surface area contributed by atoms with Crippen LogP contribution >= 0.6 is 0 Å². The molecule has 19 heavy (non-hydrogen) atoms. The molecule has 0 aliphatic heterocycles. The third kappa shape index (κ3) is 4.14. The normalized spacial score (nSPS) is 12.6. The van der Waals surface area contributed by atoms with E-state index in [1.54, 1.807) is 0 Å². The Bertz CT molecular complexity index is 510. The fourth-order valence-electron chi connectivity index (χ4n) is 2.10. The highest BCUT2D eigenvalue weighted by Gasteiger charge is 2.11. The Hall–Kier alpha value is -1.74. The van der Waals surface area contributed by atoms with Crippen LogP contribution in [-0.4, -0.2) is 28.0 Å². The third-order valence-corrected chi connectivity index (χ3v) is 3.38. The first-order valence-electron chi connectivity index (χ1n) is 6.66. The van der Waals surface area contributed by atoms with Crippen LogP contribution in [0, 0.1) is 6.92 Å². The van der Waals surface area contributed by atoms with Crippen LogP contribution in [0.25, 0.3) is 0 Å². The number of likely N-dealkylation sites (N-methyl/N-ethyl adjacent to an activating group) is 1. The van der Waals surface area contributed by atoms with Gasteiger partial charge < -0.3 is 0 Å². The molecule has 2 aromatic heterocycles. The van der Waals surface area contributed by atoms with Crippen LogP contribution in [0.4, 0.5) is 0 Å². The van der Waals surface area contributed by atoms with E-state index in [-0.39, 0.29) is 0 Å². The topological polar surface area (TPSA) is 29.0 Å². The Kier molecular flexibility index (Phi) is 4.63. The summed E-state index contributed by atoms with van der Waals surface area (Å²) in [5.74, 6) is 0. The quantitative estimate of drug-likeness (QED) is 0.822. The summed E-state index contributed by atoms with van der Waals surface area (Å²) in [6.07, 6.45) is 6.59. The Morgan fingerprint density at radius 1 is 1.26 bits per heavy atom. The molecule has 0 saturated heterocycles. The van der Waals surface area contributed by atoms with E-state index in [1.165, 1.54) is 11.1 Å². The van der Waals surface area contributed by atoms with Crippen LogP contribution in [0.3, 0.4) is 0 Å². The zero-order valence-corrected chi connectivity index (χ0v) is 11.9. The van der Waals surface area contributed by atoms with E-state index >= 15 is 0 Å². The number of rotatable bonds is 5. The van der Waals surface area contributed by atoms with Crippen LogP contribution in [-0.2, 0) is 13.0 Å². The zero-order valence-electron chi connectivity index (χ0n) is 11.9. The monoisotopic (exact) mass is 255 g/mol. The molecular formula is C16H21N3. The molecule has 0 N–H and O–H groups in total. The standard InChI is InChI=1S/C16H21N3/c1-13-6-8-18-16(9-13)10-14(2)19(3)12-15-5-4-7-17-11-15/h4-9,11,14H,10,12H2,1-3H3/t14-/m1/s1. The molecule has 0 aromatic carbocycles. The van der Waals surface area contributed by atoms with Crippen molar-refractivity contribution in [3.05, 3.63) is 59.7 Å². The summed E-state index contributed by atoms with van der Waals surface area (Å²) in [5.41, 5.74) is 3.67. The summed E-state index contributed by atoms with van der Waals surface area (Å²) in [6.45, 7) is 5.26. The lowest BCUT2D eigenvalue weighted by Gasteiger charge is -2.24. The molecule has 2 rings (SSSR count). The van der Waals surface area contributed by atoms with Gasteiger partial charge in [-0.25, -0.2) is 0 Å². The van der Waals surface area contributed by atoms with Crippen molar-refractivity contribution in [1.82, 2.24) is 14.9 Å². The van der Waals surface area contributed by atoms with Gasteiger partial charge in [-0.2, -0.15) is 0 Å². The van der Waals surface area contributed by atoms with Crippen LogP contribution in [0.1, 0.15) is 23.7 Å². The molecule has 0 aliphatic rings. The Balaban J connectivity index is 1.94. The highest BCUT2D eigenvalue weighted by Crippen LogP contribution is 2.10. The van der Waals surface area contributed by atoms with Gasteiger partial charge in [0.2, 0.25) is 0 Å². The first-order chi connectivity index (χ1) is 9.15. The molecule has 0 radical (unpaired) electrons. The van der Waals surface area contributed by atoms with E-state index in [9.17, 15) is 0 Å². The molecule has 0 unspecified atom stereocenters. The van der Waals surface area contributed by atoms with Gasteiger partial charge in [-0.3, -0.25) is 14.9 Å². The van der Waals surface area contributed by atoms with Gasteiger partial charge >= 0.3 is 0 Å². The van der Waals surface area contributed by atoms with Gasteiger partial charge in [0.15, 0.2) is 0 Å². The SMILES string of the molecule is Cc1ccnc(C[C@@H](C)N(C)Cc2cccnc2)c1. The van der Waals surface area contributed by atoms with E-state index in [1.807, 2.05) is 30.7 Å². The summed E-state index contributed by atoms with van der Waals surface area (Å²) >= 11 is 0. The minimum Gasteiger partial charge on any atom is -0.299 e. The van der Waals surface area contributed by atoms with Gasteiger partial charge in [0.1, 0.15) is 0 Å². The van der Waals surface area contributed by atoms with Gasteiger partial charge in [-0.1, -0.05) is 6.07 Å². The molecule has 0 bridgehead atoms. The fraction of sp³-hybridized carbons (Fsp3) is 0.375. The Morgan fingerprint density at radius 2 is 2.11 bits per heavy atom. The highest BCUT2D eigenvalue weighted by atomic mass is 15.1. The maximum atomic E-state index is 4.43. The van der Waals surface area contributed by atoms with Gasteiger partial charge in [0.05, 0.1) is 0 Å². The van der Waals surface area contributed by atoms with Crippen molar-refractivity contribution >= 4 is 0 Å². The molecule has 0 saturated carbocycles. The smallest absolute Gasteiger partial charge is 0.0421 e. The maximum Gasteiger partial charge on any atom is 0.0421 e. The number of nitrogens with zero attached hydrogens (tertiary/aromatic N) is 3. The van der Waals surface area contributed by atoms with E-state index in [2.05, 4.69) is 47.9 Å².